The Bertz CT molecular complexity index is 553. The molecule has 2 aromatic rings. The van der Waals surface area contributed by atoms with Gasteiger partial charge in [-0.15, -0.1) is 11.6 Å². The standard InChI is InChI=1S/C13H11ClF2N2/c1-8-2-12(7-14)18-13(17-8)5-9-3-10(15)6-11(16)4-9/h2-4,6H,5,7H2,1H3. The Morgan fingerprint density at radius 2 is 1.72 bits per heavy atom. The van der Waals surface area contributed by atoms with Gasteiger partial charge in [0, 0.05) is 18.2 Å². The fourth-order valence-electron chi connectivity index (χ4n) is 1.74. The van der Waals surface area contributed by atoms with Crippen LogP contribution in [0.2, 0.25) is 0 Å². The van der Waals surface area contributed by atoms with E-state index < -0.39 is 11.6 Å². The maximum Gasteiger partial charge on any atom is 0.133 e. The van der Waals surface area contributed by atoms with Gasteiger partial charge in [0.1, 0.15) is 17.5 Å². The summed E-state index contributed by atoms with van der Waals surface area (Å²) in [5.41, 5.74) is 1.99. The lowest BCUT2D eigenvalue weighted by molar-refractivity contribution is 0.580. The number of aromatic nitrogens is 2. The van der Waals surface area contributed by atoms with E-state index in [1.807, 2.05) is 6.92 Å². The molecule has 5 heteroatoms. The van der Waals surface area contributed by atoms with Crippen molar-refractivity contribution in [2.24, 2.45) is 0 Å². The summed E-state index contributed by atoms with van der Waals surface area (Å²) in [6, 6.07) is 5.16. The molecule has 0 radical (unpaired) electrons. The first-order chi connectivity index (χ1) is 8.56. The Hall–Kier alpha value is -1.55. The smallest absolute Gasteiger partial charge is 0.133 e. The minimum atomic E-state index is -0.602. The summed E-state index contributed by atoms with van der Waals surface area (Å²) < 4.78 is 26.1. The van der Waals surface area contributed by atoms with Gasteiger partial charge in [0.25, 0.3) is 0 Å². The highest BCUT2D eigenvalue weighted by atomic mass is 35.5. The molecule has 0 aliphatic heterocycles. The van der Waals surface area contributed by atoms with Crippen LogP contribution in [0.1, 0.15) is 22.8 Å². The molecule has 0 atom stereocenters. The van der Waals surface area contributed by atoms with Gasteiger partial charge in [-0.05, 0) is 30.7 Å². The molecule has 0 fully saturated rings. The van der Waals surface area contributed by atoms with Crippen molar-refractivity contribution in [3.63, 3.8) is 0 Å². The van der Waals surface area contributed by atoms with E-state index in [0.717, 1.165) is 11.8 Å². The molecule has 0 saturated heterocycles. The number of halogens is 3. The van der Waals surface area contributed by atoms with Crippen molar-refractivity contribution in [1.82, 2.24) is 9.97 Å². The Balaban J connectivity index is 2.30. The Morgan fingerprint density at radius 3 is 2.33 bits per heavy atom. The third-order valence-corrected chi connectivity index (χ3v) is 2.65. The number of aryl methyl sites for hydroxylation is 1. The minimum Gasteiger partial charge on any atom is -0.238 e. The van der Waals surface area contributed by atoms with Gasteiger partial charge in [0.05, 0.1) is 11.6 Å². The molecule has 1 aromatic carbocycles. The average molecular weight is 269 g/mol. The van der Waals surface area contributed by atoms with Gasteiger partial charge in [-0.3, -0.25) is 0 Å². The molecule has 2 rings (SSSR count). The monoisotopic (exact) mass is 268 g/mol. The van der Waals surface area contributed by atoms with Crippen molar-refractivity contribution in [1.29, 1.82) is 0 Å². The molecule has 0 N–H and O–H groups in total. The summed E-state index contributed by atoms with van der Waals surface area (Å²) in [6.07, 6.45) is 0.278. The second-order valence-electron chi connectivity index (χ2n) is 4.00. The van der Waals surface area contributed by atoms with Gasteiger partial charge in [0.15, 0.2) is 0 Å². The molecular weight excluding hydrogens is 258 g/mol. The van der Waals surface area contributed by atoms with Crippen molar-refractivity contribution in [2.45, 2.75) is 19.2 Å². The lowest BCUT2D eigenvalue weighted by Gasteiger charge is -2.05. The third kappa shape index (κ3) is 3.23. The summed E-state index contributed by atoms with van der Waals surface area (Å²) >= 11 is 5.71. The maximum atomic E-state index is 13.1. The molecule has 18 heavy (non-hydrogen) atoms. The fourth-order valence-corrected chi connectivity index (χ4v) is 1.88. The number of rotatable bonds is 3. The van der Waals surface area contributed by atoms with Gasteiger partial charge in [0.2, 0.25) is 0 Å². The van der Waals surface area contributed by atoms with Crippen LogP contribution < -0.4 is 0 Å². The van der Waals surface area contributed by atoms with E-state index in [-0.39, 0.29) is 12.3 Å². The topological polar surface area (TPSA) is 25.8 Å². The highest BCUT2D eigenvalue weighted by Gasteiger charge is 2.06. The zero-order chi connectivity index (χ0) is 13.1. The molecule has 0 saturated carbocycles. The van der Waals surface area contributed by atoms with Gasteiger partial charge >= 0.3 is 0 Å². The lowest BCUT2D eigenvalue weighted by atomic mass is 10.1. The zero-order valence-electron chi connectivity index (χ0n) is 9.75. The van der Waals surface area contributed by atoms with Gasteiger partial charge < -0.3 is 0 Å². The zero-order valence-corrected chi connectivity index (χ0v) is 10.5. The van der Waals surface area contributed by atoms with Gasteiger partial charge in [-0.25, -0.2) is 18.7 Å². The number of alkyl halides is 1. The summed E-state index contributed by atoms with van der Waals surface area (Å²) in [4.78, 5) is 8.44. The number of hydrogen-bond acceptors (Lipinski definition) is 2. The molecule has 0 aliphatic carbocycles. The van der Waals surface area contributed by atoms with Crippen molar-refractivity contribution >= 4 is 11.6 Å². The predicted octanol–water partition coefficient (Wildman–Crippen LogP) is 3.39. The van der Waals surface area contributed by atoms with Crippen LogP contribution in [0.3, 0.4) is 0 Å². The predicted molar refractivity (Wildman–Crippen MR) is 65.5 cm³/mol. The van der Waals surface area contributed by atoms with E-state index in [4.69, 9.17) is 11.6 Å². The summed E-state index contributed by atoms with van der Waals surface area (Å²) in [5, 5.41) is 0. The van der Waals surface area contributed by atoms with Crippen molar-refractivity contribution in [2.75, 3.05) is 0 Å². The highest BCUT2D eigenvalue weighted by Crippen LogP contribution is 2.12. The van der Waals surface area contributed by atoms with Crippen LogP contribution in [0, 0.1) is 18.6 Å². The number of nitrogens with zero attached hydrogens (tertiary/aromatic N) is 2. The number of hydrogen-bond donors (Lipinski definition) is 0. The fraction of sp³-hybridized carbons (Fsp3) is 0.231. The Labute approximate surface area is 109 Å². The second-order valence-corrected chi connectivity index (χ2v) is 4.27. The van der Waals surface area contributed by atoms with Gasteiger partial charge in [-0.2, -0.15) is 0 Å². The molecular formula is C13H11ClF2N2. The molecule has 0 spiro atoms. The van der Waals surface area contributed by atoms with Crippen LogP contribution in [0.25, 0.3) is 0 Å². The molecule has 94 valence electrons. The molecule has 1 heterocycles. The largest absolute Gasteiger partial charge is 0.238 e. The van der Waals surface area contributed by atoms with E-state index in [2.05, 4.69) is 9.97 Å². The van der Waals surface area contributed by atoms with E-state index >= 15 is 0 Å². The Morgan fingerprint density at radius 1 is 1.06 bits per heavy atom. The molecule has 0 bridgehead atoms. The first-order valence-corrected chi connectivity index (χ1v) is 5.94. The van der Waals surface area contributed by atoms with Crippen LogP contribution in [0.15, 0.2) is 24.3 Å². The average Bonchev–Trinajstić information content (AvgIpc) is 2.26. The van der Waals surface area contributed by atoms with Crippen LogP contribution >= 0.6 is 11.6 Å². The van der Waals surface area contributed by atoms with E-state index in [1.165, 1.54) is 12.1 Å². The molecule has 1 aromatic heterocycles. The summed E-state index contributed by atoms with van der Waals surface area (Å²) in [6.45, 7) is 1.83. The van der Waals surface area contributed by atoms with E-state index in [9.17, 15) is 8.78 Å². The lowest BCUT2D eigenvalue weighted by Crippen LogP contribution is -2.02. The first-order valence-electron chi connectivity index (χ1n) is 5.41. The van der Waals surface area contributed by atoms with Crippen molar-refractivity contribution < 1.29 is 8.78 Å². The quantitative estimate of drug-likeness (QED) is 0.798. The van der Waals surface area contributed by atoms with E-state index in [0.29, 0.717) is 17.1 Å². The number of benzene rings is 1. The normalized spacial score (nSPS) is 10.7. The van der Waals surface area contributed by atoms with Crippen molar-refractivity contribution in [3.05, 3.63) is 58.7 Å². The minimum absolute atomic E-state index is 0.278. The molecule has 0 unspecified atom stereocenters. The molecule has 0 amide bonds. The molecule has 0 aliphatic rings. The SMILES string of the molecule is Cc1cc(CCl)nc(Cc2cc(F)cc(F)c2)n1. The molecule has 2 nitrogen and oxygen atoms in total. The Kier molecular flexibility index (Phi) is 3.87. The van der Waals surface area contributed by atoms with Crippen molar-refractivity contribution in [3.8, 4) is 0 Å². The first kappa shape index (κ1) is 12.9. The van der Waals surface area contributed by atoms with Crippen LogP contribution in [0.5, 0.6) is 0 Å². The second kappa shape index (κ2) is 5.40. The maximum absolute atomic E-state index is 13.1. The van der Waals surface area contributed by atoms with Gasteiger partial charge in [-0.1, -0.05) is 0 Å². The summed E-state index contributed by atoms with van der Waals surface area (Å²) in [5.74, 6) is -0.408. The van der Waals surface area contributed by atoms with Crippen LogP contribution in [-0.4, -0.2) is 9.97 Å². The highest BCUT2D eigenvalue weighted by molar-refractivity contribution is 6.16. The van der Waals surface area contributed by atoms with Crippen LogP contribution in [0.4, 0.5) is 8.78 Å². The van der Waals surface area contributed by atoms with Crippen LogP contribution in [-0.2, 0) is 12.3 Å². The van der Waals surface area contributed by atoms with E-state index in [1.54, 1.807) is 6.07 Å². The third-order valence-electron chi connectivity index (χ3n) is 2.38. The summed E-state index contributed by atoms with van der Waals surface area (Å²) in [7, 11) is 0.